The molecule has 0 spiro atoms. The van der Waals surface area contributed by atoms with Crippen molar-refractivity contribution >= 4 is 46.5 Å². The third-order valence-corrected chi connectivity index (χ3v) is 5.33. The van der Waals surface area contributed by atoms with E-state index in [1.165, 1.54) is 31.2 Å². The second-order valence-corrected chi connectivity index (χ2v) is 7.62. The summed E-state index contributed by atoms with van der Waals surface area (Å²) in [5.74, 6) is -2.34. The molecule has 1 aliphatic rings. The number of carbonyl (C=O) groups excluding carboxylic acids is 4. The topological polar surface area (TPSA) is 151 Å². The molecule has 5 amide bonds. The Kier molecular flexibility index (Phi) is 6.23. The highest BCUT2D eigenvalue weighted by Crippen LogP contribution is 2.32. The van der Waals surface area contributed by atoms with Crippen LogP contribution in [0.3, 0.4) is 0 Å². The standard InChI is InChI=1S/C24H19N5O6/c1-14(28-22(31)18-8-5-9-19(29(34)35)20(18)23(28)32)21(30)25-16-10-12-17(13-11-16)27-24(33)26-15-6-3-2-4-7-15/h2-14H,1H3,(H,25,30)(H2,26,27,33). The van der Waals surface area contributed by atoms with Gasteiger partial charge in [-0.25, -0.2) is 4.79 Å². The molecule has 0 aliphatic carbocycles. The molecule has 3 aromatic carbocycles. The summed E-state index contributed by atoms with van der Waals surface area (Å²) in [6.07, 6.45) is 0. The molecule has 176 valence electrons. The minimum atomic E-state index is -1.23. The fourth-order valence-electron chi connectivity index (χ4n) is 3.61. The van der Waals surface area contributed by atoms with Gasteiger partial charge >= 0.3 is 6.03 Å². The molecule has 0 radical (unpaired) electrons. The lowest BCUT2D eigenvalue weighted by Gasteiger charge is -2.21. The van der Waals surface area contributed by atoms with E-state index in [-0.39, 0.29) is 11.1 Å². The van der Waals surface area contributed by atoms with Gasteiger partial charge in [-0.1, -0.05) is 24.3 Å². The Labute approximate surface area is 198 Å². The first-order valence-electron chi connectivity index (χ1n) is 10.5. The molecule has 1 unspecified atom stereocenters. The number of hydrogen-bond donors (Lipinski definition) is 3. The number of para-hydroxylation sites is 1. The summed E-state index contributed by atoms with van der Waals surface area (Å²) in [6, 6.07) is 17.2. The second kappa shape index (κ2) is 9.43. The van der Waals surface area contributed by atoms with Crippen LogP contribution in [0.2, 0.25) is 0 Å². The zero-order valence-corrected chi connectivity index (χ0v) is 18.3. The molecule has 0 saturated carbocycles. The number of urea groups is 1. The SMILES string of the molecule is CC(C(=O)Nc1ccc(NC(=O)Nc2ccccc2)cc1)N1C(=O)c2cccc([N+](=O)[O-])c2C1=O. The Balaban J connectivity index is 1.40. The van der Waals surface area contributed by atoms with Crippen LogP contribution in [0.25, 0.3) is 0 Å². The summed E-state index contributed by atoms with van der Waals surface area (Å²) in [4.78, 5) is 61.6. The summed E-state index contributed by atoms with van der Waals surface area (Å²) in [6.45, 7) is 1.35. The first kappa shape index (κ1) is 23.1. The third-order valence-electron chi connectivity index (χ3n) is 5.33. The number of benzene rings is 3. The summed E-state index contributed by atoms with van der Waals surface area (Å²) in [7, 11) is 0. The molecule has 3 N–H and O–H groups in total. The van der Waals surface area contributed by atoms with Crippen LogP contribution in [0.1, 0.15) is 27.6 Å². The molecule has 3 aromatic rings. The van der Waals surface area contributed by atoms with Gasteiger partial charge in [-0.05, 0) is 49.4 Å². The summed E-state index contributed by atoms with van der Waals surface area (Å²) < 4.78 is 0. The molecular weight excluding hydrogens is 454 g/mol. The lowest BCUT2D eigenvalue weighted by atomic mass is 10.1. The molecular formula is C24H19N5O6. The van der Waals surface area contributed by atoms with Crippen LogP contribution in [0.5, 0.6) is 0 Å². The van der Waals surface area contributed by atoms with Gasteiger partial charge in [0.1, 0.15) is 11.6 Å². The van der Waals surface area contributed by atoms with Crippen molar-refractivity contribution in [1.29, 1.82) is 0 Å². The number of nitrogens with zero attached hydrogens (tertiary/aromatic N) is 2. The Morgan fingerprint density at radius 1 is 0.800 bits per heavy atom. The van der Waals surface area contributed by atoms with Crippen molar-refractivity contribution in [3.63, 3.8) is 0 Å². The van der Waals surface area contributed by atoms with Crippen molar-refractivity contribution in [2.75, 3.05) is 16.0 Å². The fraction of sp³-hybridized carbons (Fsp3) is 0.0833. The number of amides is 5. The lowest BCUT2D eigenvalue weighted by Crippen LogP contribution is -2.45. The predicted molar refractivity (Wildman–Crippen MR) is 127 cm³/mol. The number of nitrogens with one attached hydrogen (secondary N) is 3. The molecule has 0 aromatic heterocycles. The van der Waals surface area contributed by atoms with E-state index in [0.717, 1.165) is 6.07 Å². The maximum absolute atomic E-state index is 12.8. The van der Waals surface area contributed by atoms with E-state index < -0.39 is 40.4 Å². The average Bonchev–Trinajstić information content (AvgIpc) is 3.10. The van der Waals surface area contributed by atoms with E-state index >= 15 is 0 Å². The number of imide groups is 1. The summed E-state index contributed by atoms with van der Waals surface area (Å²) in [5.41, 5.74) is 0.520. The van der Waals surface area contributed by atoms with E-state index in [9.17, 15) is 29.3 Å². The van der Waals surface area contributed by atoms with Crippen molar-refractivity contribution < 1.29 is 24.1 Å². The van der Waals surface area contributed by atoms with Crippen molar-refractivity contribution in [3.05, 3.63) is 94.0 Å². The fourth-order valence-corrected chi connectivity index (χ4v) is 3.61. The van der Waals surface area contributed by atoms with Crippen molar-refractivity contribution in [1.82, 2.24) is 4.90 Å². The second-order valence-electron chi connectivity index (χ2n) is 7.62. The number of nitro benzene ring substituents is 1. The van der Waals surface area contributed by atoms with Crippen molar-refractivity contribution in [2.24, 2.45) is 0 Å². The van der Waals surface area contributed by atoms with Crippen LogP contribution in [0, 0.1) is 10.1 Å². The first-order valence-corrected chi connectivity index (χ1v) is 10.5. The molecule has 35 heavy (non-hydrogen) atoms. The Morgan fingerprint density at radius 2 is 1.37 bits per heavy atom. The van der Waals surface area contributed by atoms with E-state index in [1.54, 1.807) is 36.4 Å². The molecule has 0 saturated heterocycles. The van der Waals surface area contributed by atoms with Gasteiger partial charge in [-0.2, -0.15) is 0 Å². The summed E-state index contributed by atoms with van der Waals surface area (Å²) in [5, 5.41) is 19.2. The lowest BCUT2D eigenvalue weighted by molar-refractivity contribution is -0.385. The quantitative estimate of drug-likeness (QED) is 0.281. The zero-order chi connectivity index (χ0) is 25.1. The van der Waals surface area contributed by atoms with Crippen LogP contribution in [-0.4, -0.2) is 39.6 Å². The van der Waals surface area contributed by atoms with E-state index in [0.29, 0.717) is 22.0 Å². The van der Waals surface area contributed by atoms with Crippen molar-refractivity contribution in [3.8, 4) is 0 Å². The number of hydrogen-bond acceptors (Lipinski definition) is 6. The van der Waals surface area contributed by atoms with Crippen LogP contribution >= 0.6 is 0 Å². The molecule has 4 rings (SSSR count). The smallest absolute Gasteiger partial charge is 0.323 e. The number of anilines is 3. The molecule has 0 bridgehead atoms. The molecule has 0 fully saturated rings. The van der Waals surface area contributed by atoms with Gasteiger partial charge < -0.3 is 16.0 Å². The van der Waals surface area contributed by atoms with Gasteiger partial charge in [-0.15, -0.1) is 0 Å². The normalized spacial score (nSPS) is 13.1. The predicted octanol–water partition coefficient (Wildman–Crippen LogP) is 3.86. The highest BCUT2D eigenvalue weighted by Gasteiger charge is 2.44. The zero-order valence-electron chi connectivity index (χ0n) is 18.3. The third kappa shape index (κ3) is 4.69. The highest BCUT2D eigenvalue weighted by molar-refractivity contribution is 6.24. The highest BCUT2D eigenvalue weighted by atomic mass is 16.6. The number of rotatable bonds is 6. The van der Waals surface area contributed by atoms with Gasteiger partial charge in [0, 0.05) is 23.1 Å². The number of carbonyl (C=O) groups is 4. The van der Waals surface area contributed by atoms with Gasteiger partial charge in [0.05, 0.1) is 10.5 Å². The Morgan fingerprint density at radius 3 is 1.97 bits per heavy atom. The van der Waals surface area contributed by atoms with E-state index in [2.05, 4.69) is 16.0 Å². The Bertz CT molecular complexity index is 1340. The van der Waals surface area contributed by atoms with Crippen LogP contribution < -0.4 is 16.0 Å². The number of fused-ring (bicyclic) bond motifs is 1. The van der Waals surface area contributed by atoms with Gasteiger partial charge in [0.2, 0.25) is 5.91 Å². The largest absolute Gasteiger partial charge is 0.324 e. The molecule has 1 aliphatic heterocycles. The molecule has 11 heteroatoms. The number of nitro groups is 1. The maximum atomic E-state index is 12.8. The van der Waals surface area contributed by atoms with Gasteiger partial charge in [0.25, 0.3) is 17.5 Å². The minimum Gasteiger partial charge on any atom is -0.324 e. The first-order chi connectivity index (χ1) is 16.8. The monoisotopic (exact) mass is 473 g/mol. The summed E-state index contributed by atoms with van der Waals surface area (Å²) >= 11 is 0. The van der Waals surface area contributed by atoms with E-state index in [1.807, 2.05) is 6.07 Å². The van der Waals surface area contributed by atoms with Crippen molar-refractivity contribution in [2.45, 2.75) is 13.0 Å². The average molecular weight is 473 g/mol. The Hall–Kier alpha value is -5.06. The van der Waals surface area contributed by atoms with Crippen LogP contribution in [0.15, 0.2) is 72.8 Å². The minimum absolute atomic E-state index is 0.118. The van der Waals surface area contributed by atoms with Crippen LogP contribution in [0.4, 0.5) is 27.5 Å². The van der Waals surface area contributed by atoms with E-state index in [4.69, 9.17) is 0 Å². The van der Waals surface area contributed by atoms with Gasteiger partial charge in [-0.3, -0.25) is 29.4 Å². The molecule has 1 atom stereocenters. The van der Waals surface area contributed by atoms with Gasteiger partial charge in [0.15, 0.2) is 0 Å². The maximum Gasteiger partial charge on any atom is 0.323 e. The van der Waals surface area contributed by atoms with Crippen LogP contribution in [-0.2, 0) is 4.79 Å². The molecule has 1 heterocycles. The molecule has 11 nitrogen and oxygen atoms in total.